The summed E-state index contributed by atoms with van der Waals surface area (Å²) in [5.41, 5.74) is 1.29. The summed E-state index contributed by atoms with van der Waals surface area (Å²) in [5.74, 6) is -1.30. The smallest absolute Gasteiger partial charge is 0.345 e. The van der Waals surface area contributed by atoms with Crippen molar-refractivity contribution in [3.63, 3.8) is 0 Å². The molecule has 0 aliphatic heterocycles. The summed E-state index contributed by atoms with van der Waals surface area (Å²) < 4.78 is 13.6. The first-order valence-electron chi connectivity index (χ1n) is 4.67. The van der Waals surface area contributed by atoms with Crippen molar-refractivity contribution >= 4 is 17.3 Å². The lowest BCUT2D eigenvalue weighted by Gasteiger charge is -2.00. The molecule has 4 heteroatoms. The van der Waals surface area contributed by atoms with E-state index in [1.165, 1.54) is 12.1 Å². The van der Waals surface area contributed by atoms with Gasteiger partial charge in [0.1, 0.15) is 10.7 Å². The van der Waals surface area contributed by atoms with Crippen LogP contribution < -0.4 is 0 Å². The molecule has 1 heterocycles. The Morgan fingerprint density at radius 3 is 2.62 bits per heavy atom. The standard InChI is InChI=1S/C12H9FO2S/c1-7-2-3-8(9(13)6-7)10-4-5-11(16-10)12(14)15/h2-6H,1H3,(H,14,15). The third kappa shape index (κ3) is 1.97. The monoisotopic (exact) mass is 236 g/mol. The minimum atomic E-state index is -0.983. The maximum absolute atomic E-state index is 13.6. The van der Waals surface area contributed by atoms with E-state index < -0.39 is 5.97 Å². The lowest BCUT2D eigenvalue weighted by Crippen LogP contribution is -1.89. The van der Waals surface area contributed by atoms with Gasteiger partial charge in [0.05, 0.1) is 0 Å². The lowest BCUT2D eigenvalue weighted by atomic mass is 10.1. The zero-order valence-corrected chi connectivity index (χ0v) is 9.34. The van der Waals surface area contributed by atoms with Crippen LogP contribution in [-0.2, 0) is 0 Å². The molecule has 16 heavy (non-hydrogen) atoms. The Morgan fingerprint density at radius 2 is 2.06 bits per heavy atom. The zero-order chi connectivity index (χ0) is 11.7. The van der Waals surface area contributed by atoms with Gasteiger partial charge < -0.3 is 5.11 Å². The molecule has 82 valence electrons. The number of carboxylic acids is 1. The first-order valence-corrected chi connectivity index (χ1v) is 5.49. The fraction of sp³-hybridized carbons (Fsp3) is 0.0833. The number of carbonyl (C=O) groups is 1. The van der Waals surface area contributed by atoms with Crippen molar-refractivity contribution < 1.29 is 14.3 Å². The normalized spacial score (nSPS) is 10.4. The molecule has 2 aromatic rings. The largest absolute Gasteiger partial charge is 0.477 e. The Morgan fingerprint density at radius 1 is 1.31 bits per heavy atom. The Kier molecular flexibility index (Phi) is 2.75. The topological polar surface area (TPSA) is 37.3 Å². The van der Waals surface area contributed by atoms with Crippen molar-refractivity contribution in [3.8, 4) is 10.4 Å². The number of rotatable bonds is 2. The van der Waals surface area contributed by atoms with Crippen LogP contribution in [0.4, 0.5) is 4.39 Å². The van der Waals surface area contributed by atoms with Gasteiger partial charge in [-0.15, -0.1) is 11.3 Å². The molecule has 1 aromatic carbocycles. The summed E-state index contributed by atoms with van der Waals surface area (Å²) in [7, 11) is 0. The number of thiophene rings is 1. The van der Waals surface area contributed by atoms with Gasteiger partial charge >= 0.3 is 5.97 Å². The summed E-state index contributed by atoms with van der Waals surface area (Å²) in [6, 6.07) is 8.03. The Bertz CT molecular complexity index is 546. The number of aryl methyl sites for hydroxylation is 1. The highest BCUT2D eigenvalue weighted by molar-refractivity contribution is 7.17. The molecule has 0 bridgehead atoms. The van der Waals surface area contributed by atoms with Crippen LogP contribution in [-0.4, -0.2) is 11.1 Å². The van der Waals surface area contributed by atoms with Crippen molar-refractivity contribution in [2.24, 2.45) is 0 Å². The molecule has 2 rings (SSSR count). The van der Waals surface area contributed by atoms with Gasteiger partial charge in [-0.25, -0.2) is 9.18 Å². The van der Waals surface area contributed by atoms with Crippen molar-refractivity contribution in [2.45, 2.75) is 6.92 Å². The summed E-state index contributed by atoms with van der Waals surface area (Å²) in [6.07, 6.45) is 0. The Hall–Kier alpha value is -1.68. The second kappa shape index (κ2) is 4.06. The predicted octanol–water partition coefficient (Wildman–Crippen LogP) is 3.56. The van der Waals surface area contributed by atoms with Gasteiger partial charge in [-0.1, -0.05) is 12.1 Å². The van der Waals surface area contributed by atoms with E-state index in [0.717, 1.165) is 16.9 Å². The second-order valence-electron chi connectivity index (χ2n) is 3.45. The number of hydrogen-bond acceptors (Lipinski definition) is 2. The molecule has 1 N–H and O–H groups in total. The predicted molar refractivity (Wildman–Crippen MR) is 61.4 cm³/mol. The van der Waals surface area contributed by atoms with Crippen LogP contribution in [0.25, 0.3) is 10.4 Å². The first-order chi connectivity index (χ1) is 7.58. The highest BCUT2D eigenvalue weighted by Crippen LogP contribution is 2.30. The molecule has 0 saturated carbocycles. The zero-order valence-electron chi connectivity index (χ0n) is 8.53. The van der Waals surface area contributed by atoms with E-state index in [-0.39, 0.29) is 10.7 Å². The van der Waals surface area contributed by atoms with Gasteiger partial charge in [0, 0.05) is 10.4 Å². The van der Waals surface area contributed by atoms with Gasteiger partial charge in [-0.2, -0.15) is 0 Å². The molecule has 2 nitrogen and oxygen atoms in total. The van der Waals surface area contributed by atoms with Crippen LogP contribution in [0.15, 0.2) is 30.3 Å². The fourth-order valence-corrected chi connectivity index (χ4v) is 2.29. The van der Waals surface area contributed by atoms with E-state index in [4.69, 9.17) is 5.11 Å². The molecule has 0 atom stereocenters. The summed E-state index contributed by atoms with van der Waals surface area (Å²) in [5, 5.41) is 8.78. The average Bonchev–Trinajstić information content (AvgIpc) is 2.66. The molecule has 1 aromatic heterocycles. The van der Waals surface area contributed by atoms with Crippen LogP contribution in [0.5, 0.6) is 0 Å². The van der Waals surface area contributed by atoms with Gasteiger partial charge in [-0.3, -0.25) is 0 Å². The second-order valence-corrected chi connectivity index (χ2v) is 4.54. The molecular formula is C12H9FO2S. The lowest BCUT2D eigenvalue weighted by molar-refractivity contribution is 0.0702. The minimum Gasteiger partial charge on any atom is -0.477 e. The van der Waals surface area contributed by atoms with Crippen LogP contribution >= 0.6 is 11.3 Å². The fourth-order valence-electron chi connectivity index (χ4n) is 1.42. The molecule has 0 spiro atoms. The van der Waals surface area contributed by atoms with Crippen LogP contribution in [0.1, 0.15) is 15.2 Å². The average molecular weight is 236 g/mol. The van der Waals surface area contributed by atoms with Gasteiger partial charge in [0.2, 0.25) is 0 Å². The first kappa shape index (κ1) is 10.8. The van der Waals surface area contributed by atoms with Gasteiger partial charge in [-0.05, 0) is 30.7 Å². The third-order valence-corrected chi connectivity index (χ3v) is 3.31. The summed E-state index contributed by atoms with van der Waals surface area (Å²) in [6.45, 7) is 1.81. The molecule has 0 unspecified atom stereocenters. The van der Waals surface area contributed by atoms with E-state index in [1.807, 2.05) is 6.92 Å². The summed E-state index contributed by atoms with van der Waals surface area (Å²) >= 11 is 1.07. The van der Waals surface area contributed by atoms with Crippen molar-refractivity contribution in [3.05, 3.63) is 46.6 Å². The van der Waals surface area contributed by atoms with Gasteiger partial charge in [0.25, 0.3) is 0 Å². The highest BCUT2D eigenvalue weighted by Gasteiger charge is 2.11. The van der Waals surface area contributed by atoms with E-state index in [1.54, 1.807) is 18.2 Å². The molecule has 0 saturated heterocycles. The van der Waals surface area contributed by atoms with Crippen LogP contribution in [0.2, 0.25) is 0 Å². The van der Waals surface area contributed by atoms with Gasteiger partial charge in [0.15, 0.2) is 0 Å². The number of carboxylic acid groups (broad SMARTS) is 1. The molecular weight excluding hydrogens is 227 g/mol. The molecule has 0 fully saturated rings. The van der Waals surface area contributed by atoms with Crippen LogP contribution in [0, 0.1) is 12.7 Å². The molecule has 0 aliphatic carbocycles. The molecule has 0 amide bonds. The number of halogens is 1. The number of benzene rings is 1. The minimum absolute atomic E-state index is 0.218. The number of aromatic carboxylic acids is 1. The van der Waals surface area contributed by atoms with Crippen molar-refractivity contribution in [1.29, 1.82) is 0 Å². The van der Waals surface area contributed by atoms with E-state index in [9.17, 15) is 9.18 Å². The maximum Gasteiger partial charge on any atom is 0.345 e. The Balaban J connectivity index is 2.46. The third-order valence-electron chi connectivity index (χ3n) is 2.21. The van der Waals surface area contributed by atoms with Crippen molar-refractivity contribution in [1.82, 2.24) is 0 Å². The van der Waals surface area contributed by atoms with Crippen LogP contribution in [0.3, 0.4) is 0 Å². The van der Waals surface area contributed by atoms with E-state index >= 15 is 0 Å². The number of hydrogen-bond donors (Lipinski definition) is 1. The Labute approximate surface area is 96.0 Å². The van der Waals surface area contributed by atoms with Crippen molar-refractivity contribution in [2.75, 3.05) is 0 Å². The SMILES string of the molecule is Cc1ccc(-c2ccc(C(=O)O)s2)c(F)c1. The van der Waals surface area contributed by atoms with E-state index in [2.05, 4.69) is 0 Å². The molecule has 0 radical (unpaired) electrons. The molecule has 0 aliphatic rings. The maximum atomic E-state index is 13.6. The summed E-state index contributed by atoms with van der Waals surface area (Å²) in [4.78, 5) is 11.6. The quantitative estimate of drug-likeness (QED) is 0.865. The highest BCUT2D eigenvalue weighted by atomic mass is 32.1. The van der Waals surface area contributed by atoms with E-state index in [0.29, 0.717) is 10.4 Å².